The van der Waals surface area contributed by atoms with Gasteiger partial charge in [0.2, 0.25) is 12.7 Å². The minimum Gasteiger partial charge on any atom is -0.495 e. The molecule has 1 amide bonds. The second-order valence-electron chi connectivity index (χ2n) is 9.32. The van der Waals surface area contributed by atoms with E-state index in [-0.39, 0.29) is 24.0 Å². The molecule has 1 saturated heterocycles. The average molecular weight is 545 g/mol. The predicted molar refractivity (Wildman–Crippen MR) is 150 cm³/mol. The van der Waals surface area contributed by atoms with Gasteiger partial charge in [-0.15, -0.1) is 0 Å². The first-order chi connectivity index (χ1) is 19.1. The van der Waals surface area contributed by atoms with Crippen molar-refractivity contribution in [1.82, 2.24) is 14.5 Å². The largest absolute Gasteiger partial charge is 0.495 e. The molecule has 1 fully saturated rings. The van der Waals surface area contributed by atoms with Crippen molar-refractivity contribution >= 4 is 34.3 Å². The van der Waals surface area contributed by atoms with Crippen LogP contribution in [0.5, 0.6) is 17.2 Å². The summed E-state index contributed by atoms with van der Waals surface area (Å²) in [5, 5.41) is 1.05. The quantitative estimate of drug-likeness (QED) is 0.258. The van der Waals surface area contributed by atoms with Crippen LogP contribution in [0.2, 0.25) is 0 Å². The molecule has 200 valence electrons. The van der Waals surface area contributed by atoms with Crippen LogP contribution in [0.1, 0.15) is 5.56 Å². The number of hydrogen-bond acceptors (Lipinski definition) is 8. The number of anilines is 1. The molecule has 0 bridgehead atoms. The van der Waals surface area contributed by atoms with Gasteiger partial charge in [0.1, 0.15) is 5.75 Å². The Hall–Kier alpha value is -4.18. The van der Waals surface area contributed by atoms with Crippen molar-refractivity contribution in [2.75, 3.05) is 50.7 Å². The fourth-order valence-electron chi connectivity index (χ4n) is 4.92. The number of thioether (sulfide) groups is 1. The molecule has 2 aliphatic heterocycles. The van der Waals surface area contributed by atoms with Crippen molar-refractivity contribution in [3.63, 3.8) is 0 Å². The Morgan fingerprint density at radius 2 is 1.74 bits per heavy atom. The topological polar surface area (TPSA) is 86.1 Å². The van der Waals surface area contributed by atoms with E-state index in [9.17, 15) is 9.59 Å². The number of carbonyl (C=O) groups excluding carboxylic acids is 1. The third-order valence-corrected chi connectivity index (χ3v) is 7.95. The Kier molecular flexibility index (Phi) is 7.02. The number of hydrogen-bond donors (Lipinski definition) is 0. The molecule has 0 spiro atoms. The number of aromatic nitrogens is 2. The summed E-state index contributed by atoms with van der Waals surface area (Å²) < 4.78 is 18.1. The Bertz CT molecular complexity index is 1580. The number of rotatable bonds is 7. The molecule has 0 atom stereocenters. The fourth-order valence-corrected chi connectivity index (χ4v) is 5.83. The second kappa shape index (κ2) is 10.9. The summed E-state index contributed by atoms with van der Waals surface area (Å²) in [6, 6.07) is 20.9. The lowest BCUT2D eigenvalue weighted by Gasteiger charge is -2.36. The average Bonchev–Trinajstić information content (AvgIpc) is 3.46. The van der Waals surface area contributed by atoms with E-state index in [0.29, 0.717) is 47.2 Å². The van der Waals surface area contributed by atoms with Crippen LogP contribution >= 0.6 is 11.8 Å². The van der Waals surface area contributed by atoms with Crippen molar-refractivity contribution in [3.05, 3.63) is 82.6 Å². The van der Waals surface area contributed by atoms with E-state index in [1.807, 2.05) is 65.6 Å². The molecule has 9 nitrogen and oxygen atoms in total. The van der Waals surface area contributed by atoms with Crippen LogP contribution in [-0.2, 0) is 11.3 Å². The Morgan fingerprint density at radius 3 is 2.59 bits per heavy atom. The summed E-state index contributed by atoms with van der Waals surface area (Å²) in [7, 11) is 1.67. The molecule has 0 N–H and O–H groups in total. The van der Waals surface area contributed by atoms with Gasteiger partial charge in [-0.2, -0.15) is 0 Å². The van der Waals surface area contributed by atoms with E-state index in [1.54, 1.807) is 17.7 Å². The molecule has 0 aliphatic carbocycles. The zero-order valence-electron chi connectivity index (χ0n) is 21.5. The maximum absolute atomic E-state index is 13.5. The molecule has 6 rings (SSSR count). The molecule has 1 aromatic heterocycles. The molecule has 0 unspecified atom stereocenters. The van der Waals surface area contributed by atoms with Gasteiger partial charge in [0.15, 0.2) is 16.7 Å². The smallest absolute Gasteiger partial charge is 0.262 e. The van der Waals surface area contributed by atoms with E-state index in [4.69, 9.17) is 19.2 Å². The zero-order chi connectivity index (χ0) is 26.8. The summed E-state index contributed by atoms with van der Waals surface area (Å²) in [5.41, 5.74) is 2.40. The SMILES string of the molecule is COc1ccccc1N1CCN(C(=O)CSc2nc3ccccc3c(=O)n2Cc2ccc3c(c2)OCO3)CC1. The first kappa shape index (κ1) is 25.1. The summed E-state index contributed by atoms with van der Waals surface area (Å²) in [6.07, 6.45) is 0. The highest BCUT2D eigenvalue weighted by molar-refractivity contribution is 7.99. The monoisotopic (exact) mass is 544 g/mol. The third-order valence-electron chi connectivity index (χ3n) is 6.99. The molecular formula is C29H28N4O5S. The van der Waals surface area contributed by atoms with Gasteiger partial charge < -0.3 is 24.0 Å². The maximum atomic E-state index is 13.5. The van der Waals surface area contributed by atoms with Crippen molar-refractivity contribution < 1.29 is 19.0 Å². The lowest BCUT2D eigenvalue weighted by Crippen LogP contribution is -2.49. The Labute approximate surface area is 229 Å². The number of benzene rings is 3. The number of amides is 1. The van der Waals surface area contributed by atoms with Crippen LogP contribution < -0.4 is 24.7 Å². The highest BCUT2D eigenvalue weighted by atomic mass is 32.2. The number of carbonyl (C=O) groups is 1. The first-order valence-electron chi connectivity index (χ1n) is 12.8. The Morgan fingerprint density at radius 1 is 0.974 bits per heavy atom. The number of methoxy groups -OCH3 is 1. The van der Waals surface area contributed by atoms with Crippen molar-refractivity contribution in [3.8, 4) is 17.2 Å². The summed E-state index contributed by atoms with van der Waals surface area (Å²) in [5.74, 6) is 2.40. The van der Waals surface area contributed by atoms with Crippen molar-refractivity contribution in [1.29, 1.82) is 0 Å². The molecule has 0 radical (unpaired) electrons. The van der Waals surface area contributed by atoms with Gasteiger partial charge in [-0.05, 0) is 42.0 Å². The molecule has 39 heavy (non-hydrogen) atoms. The molecule has 0 saturated carbocycles. The van der Waals surface area contributed by atoms with E-state index in [2.05, 4.69) is 4.90 Å². The minimum absolute atomic E-state index is 0.0247. The number of nitrogens with zero attached hydrogens (tertiary/aromatic N) is 4. The van der Waals surface area contributed by atoms with Crippen LogP contribution in [-0.4, -0.2) is 66.2 Å². The van der Waals surface area contributed by atoms with Crippen LogP contribution in [0, 0.1) is 0 Å². The highest BCUT2D eigenvalue weighted by Gasteiger charge is 2.24. The lowest BCUT2D eigenvalue weighted by atomic mass is 10.2. The molecule has 3 heterocycles. The van der Waals surface area contributed by atoms with E-state index in [1.165, 1.54) is 11.8 Å². The second-order valence-corrected chi connectivity index (χ2v) is 10.3. The number of ether oxygens (including phenoxy) is 3. The Balaban J connectivity index is 1.18. The fraction of sp³-hybridized carbons (Fsp3) is 0.276. The van der Waals surface area contributed by atoms with Gasteiger partial charge >= 0.3 is 0 Å². The summed E-state index contributed by atoms with van der Waals surface area (Å²) in [6.45, 7) is 3.17. The molecule has 10 heteroatoms. The predicted octanol–water partition coefficient (Wildman–Crippen LogP) is 3.62. The van der Waals surface area contributed by atoms with Crippen molar-refractivity contribution in [2.24, 2.45) is 0 Å². The summed E-state index contributed by atoms with van der Waals surface area (Å²) >= 11 is 1.30. The number of fused-ring (bicyclic) bond motifs is 2. The molecule has 3 aromatic carbocycles. The van der Waals surface area contributed by atoms with Crippen LogP contribution in [0.4, 0.5) is 5.69 Å². The maximum Gasteiger partial charge on any atom is 0.262 e. The van der Waals surface area contributed by atoms with Crippen molar-refractivity contribution in [2.45, 2.75) is 11.7 Å². The van der Waals surface area contributed by atoms with Gasteiger partial charge in [-0.25, -0.2) is 4.98 Å². The first-order valence-corrected chi connectivity index (χ1v) is 13.8. The highest BCUT2D eigenvalue weighted by Crippen LogP contribution is 2.33. The van der Waals surface area contributed by atoms with E-state index in [0.717, 1.165) is 30.1 Å². The van der Waals surface area contributed by atoms with E-state index >= 15 is 0 Å². The van der Waals surface area contributed by atoms with E-state index < -0.39 is 0 Å². The zero-order valence-corrected chi connectivity index (χ0v) is 22.4. The normalized spacial score (nSPS) is 14.6. The van der Waals surface area contributed by atoms with Gasteiger partial charge in [-0.1, -0.05) is 42.1 Å². The minimum atomic E-state index is -0.140. The molecule has 4 aromatic rings. The lowest BCUT2D eigenvalue weighted by molar-refractivity contribution is -0.128. The standard InChI is InChI=1S/C29H28N4O5S/c1-36-24-9-5-4-8-23(24)31-12-14-32(15-13-31)27(34)18-39-29-30-22-7-3-2-6-21(22)28(35)33(29)17-20-10-11-25-26(16-20)38-19-37-25/h2-11,16H,12-15,17-19H2,1H3. The van der Waals surface area contributed by atoms with Crippen LogP contribution in [0.25, 0.3) is 10.9 Å². The van der Waals surface area contributed by atoms with Gasteiger partial charge in [0.05, 0.1) is 36.0 Å². The molecule has 2 aliphatic rings. The number of para-hydroxylation sites is 3. The third kappa shape index (κ3) is 5.12. The van der Waals surface area contributed by atoms with Gasteiger partial charge in [-0.3, -0.25) is 14.2 Å². The van der Waals surface area contributed by atoms with Gasteiger partial charge in [0.25, 0.3) is 5.56 Å². The number of piperazine rings is 1. The van der Waals surface area contributed by atoms with Crippen LogP contribution in [0.3, 0.4) is 0 Å². The van der Waals surface area contributed by atoms with Gasteiger partial charge in [0, 0.05) is 26.2 Å². The summed E-state index contributed by atoms with van der Waals surface area (Å²) in [4.78, 5) is 35.6. The van der Waals surface area contributed by atoms with Crippen LogP contribution in [0.15, 0.2) is 76.7 Å². The molecular weight excluding hydrogens is 516 g/mol.